The summed E-state index contributed by atoms with van der Waals surface area (Å²) in [6.07, 6.45) is 0. The zero-order chi connectivity index (χ0) is 15.9. The first-order valence-corrected chi connectivity index (χ1v) is 7.32. The van der Waals surface area contributed by atoms with Gasteiger partial charge in [-0.1, -0.05) is 48.0 Å². The highest BCUT2D eigenvalue weighted by Crippen LogP contribution is 2.31. The lowest BCUT2D eigenvalue weighted by molar-refractivity contribution is 0.103. The Hall–Kier alpha value is -2.61. The van der Waals surface area contributed by atoms with E-state index in [0.717, 1.165) is 27.5 Å². The smallest absolute Gasteiger partial charge is 0.193 e. The van der Waals surface area contributed by atoms with E-state index in [1.165, 1.54) is 0 Å². The summed E-state index contributed by atoms with van der Waals surface area (Å²) in [5.74, 6) is 0.102. The Balaban J connectivity index is 2.21. The van der Waals surface area contributed by atoms with Crippen LogP contribution >= 0.6 is 0 Å². The van der Waals surface area contributed by atoms with Crippen molar-refractivity contribution in [3.05, 3.63) is 76.3 Å². The Morgan fingerprint density at radius 2 is 1.55 bits per heavy atom. The van der Waals surface area contributed by atoms with Gasteiger partial charge in [0.15, 0.2) is 5.78 Å². The number of benzene rings is 3. The highest BCUT2D eigenvalue weighted by atomic mass is 16.3. The van der Waals surface area contributed by atoms with Crippen LogP contribution in [-0.4, -0.2) is 10.9 Å². The number of carbonyl (C=O) groups excluding carboxylic acids is 1. The molecule has 0 fully saturated rings. The van der Waals surface area contributed by atoms with E-state index in [4.69, 9.17) is 0 Å². The van der Waals surface area contributed by atoms with Crippen LogP contribution in [0.3, 0.4) is 0 Å². The molecule has 0 spiro atoms. The van der Waals surface area contributed by atoms with E-state index >= 15 is 0 Å². The zero-order valence-corrected chi connectivity index (χ0v) is 13.0. The minimum Gasteiger partial charge on any atom is -0.507 e. The fourth-order valence-corrected chi connectivity index (χ4v) is 2.95. The van der Waals surface area contributed by atoms with Gasteiger partial charge in [0, 0.05) is 16.5 Å². The van der Waals surface area contributed by atoms with Crippen LogP contribution < -0.4 is 0 Å². The van der Waals surface area contributed by atoms with Crippen molar-refractivity contribution in [2.75, 3.05) is 0 Å². The average Bonchev–Trinajstić information content (AvgIpc) is 2.50. The predicted octanol–water partition coefficient (Wildman–Crippen LogP) is 4.70. The number of phenolic OH excluding ortho intramolecular Hbond substituents is 1. The summed E-state index contributed by atoms with van der Waals surface area (Å²) in [5.41, 5.74) is 4.23. The van der Waals surface area contributed by atoms with Crippen LogP contribution in [0, 0.1) is 20.8 Å². The van der Waals surface area contributed by atoms with Gasteiger partial charge < -0.3 is 5.11 Å². The molecule has 3 aromatic rings. The molecule has 0 aliphatic heterocycles. The third kappa shape index (κ3) is 2.27. The molecule has 2 heteroatoms. The Morgan fingerprint density at radius 3 is 2.23 bits per heavy atom. The summed E-state index contributed by atoms with van der Waals surface area (Å²) < 4.78 is 0. The van der Waals surface area contributed by atoms with Crippen LogP contribution in [0.2, 0.25) is 0 Å². The topological polar surface area (TPSA) is 37.3 Å². The summed E-state index contributed by atoms with van der Waals surface area (Å²) in [7, 11) is 0. The maximum absolute atomic E-state index is 12.9. The molecule has 0 bridgehead atoms. The van der Waals surface area contributed by atoms with Crippen LogP contribution in [-0.2, 0) is 0 Å². The van der Waals surface area contributed by atoms with Gasteiger partial charge in [0.05, 0.1) is 0 Å². The number of rotatable bonds is 2. The summed E-state index contributed by atoms with van der Waals surface area (Å²) in [5, 5.41) is 11.9. The van der Waals surface area contributed by atoms with Gasteiger partial charge in [0.1, 0.15) is 5.75 Å². The van der Waals surface area contributed by atoms with E-state index in [9.17, 15) is 9.90 Å². The normalized spacial score (nSPS) is 10.9. The minimum atomic E-state index is -0.0453. The molecule has 22 heavy (non-hydrogen) atoms. The maximum Gasteiger partial charge on any atom is 0.193 e. The van der Waals surface area contributed by atoms with Crippen molar-refractivity contribution < 1.29 is 9.90 Å². The first-order chi connectivity index (χ1) is 10.5. The van der Waals surface area contributed by atoms with Crippen molar-refractivity contribution in [3.8, 4) is 5.75 Å². The summed E-state index contributed by atoms with van der Waals surface area (Å²) >= 11 is 0. The molecule has 0 saturated heterocycles. The number of ketones is 1. The molecule has 0 amide bonds. The second-order valence-electron chi connectivity index (χ2n) is 5.76. The number of hydrogen-bond donors (Lipinski definition) is 1. The van der Waals surface area contributed by atoms with Crippen LogP contribution in [0.4, 0.5) is 0 Å². The van der Waals surface area contributed by atoms with E-state index in [-0.39, 0.29) is 11.5 Å². The summed E-state index contributed by atoms with van der Waals surface area (Å²) in [6, 6.07) is 15.0. The summed E-state index contributed by atoms with van der Waals surface area (Å²) in [6.45, 7) is 5.88. The number of phenols is 1. The molecule has 3 rings (SSSR count). The lowest BCUT2D eigenvalue weighted by atomic mass is 9.91. The maximum atomic E-state index is 12.9. The van der Waals surface area contributed by atoms with Gasteiger partial charge in [0.25, 0.3) is 0 Å². The molecule has 0 atom stereocenters. The van der Waals surface area contributed by atoms with Crippen molar-refractivity contribution in [1.82, 2.24) is 0 Å². The molecule has 0 aliphatic carbocycles. The number of hydrogen-bond acceptors (Lipinski definition) is 2. The van der Waals surface area contributed by atoms with Crippen molar-refractivity contribution >= 4 is 16.6 Å². The second-order valence-corrected chi connectivity index (χ2v) is 5.76. The van der Waals surface area contributed by atoms with E-state index in [0.29, 0.717) is 11.1 Å². The Kier molecular flexibility index (Phi) is 3.45. The molecule has 0 heterocycles. The van der Waals surface area contributed by atoms with Gasteiger partial charge in [-0.3, -0.25) is 4.79 Å². The molecule has 0 radical (unpaired) electrons. The molecule has 0 aromatic heterocycles. The van der Waals surface area contributed by atoms with Gasteiger partial charge in [-0.2, -0.15) is 0 Å². The molecule has 0 unspecified atom stereocenters. The molecule has 1 N–H and O–H groups in total. The first kappa shape index (κ1) is 14.3. The Labute approximate surface area is 130 Å². The third-order valence-corrected chi connectivity index (χ3v) is 4.16. The van der Waals surface area contributed by atoms with Gasteiger partial charge >= 0.3 is 0 Å². The summed E-state index contributed by atoms with van der Waals surface area (Å²) in [4.78, 5) is 12.9. The molecular weight excluding hydrogens is 272 g/mol. The van der Waals surface area contributed by atoms with Crippen molar-refractivity contribution in [1.29, 1.82) is 0 Å². The van der Waals surface area contributed by atoms with Crippen molar-refractivity contribution in [2.45, 2.75) is 20.8 Å². The van der Waals surface area contributed by atoms with Crippen LogP contribution in [0.1, 0.15) is 32.6 Å². The highest BCUT2D eigenvalue weighted by Gasteiger charge is 2.17. The fraction of sp³-hybridized carbons (Fsp3) is 0.150. The molecule has 110 valence electrons. The largest absolute Gasteiger partial charge is 0.507 e. The quantitative estimate of drug-likeness (QED) is 0.694. The van der Waals surface area contributed by atoms with Gasteiger partial charge in [0.2, 0.25) is 0 Å². The van der Waals surface area contributed by atoms with Crippen molar-refractivity contribution in [3.63, 3.8) is 0 Å². The molecular formula is C20H18O2. The number of aromatic hydroxyl groups is 1. The van der Waals surface area contributed by atoms with E-state index < -0.39 is 0 Å². The highest BCUT2D eigenvalue weighted by molar-refractivity contribution is 6.13. The standard InChI is InChI=1S/C20H18O2/c1-12-8-9-15(13(2)10-12)20(22)18-11-19(21)17-7-5-4-6-16(17)14(18)3/h4-11,21H,1-3H3. The van der Waals surface area contributed by atoms with E-state index in [1.807, 2.05) is 63.2 Å². The lowest BCUT2D eigenvalue weighted by Crippen LogP contribution is -2.06. The Morgan fingerprint density at radius 1 is 0.864 bits per heavy atom. The monoisotopic (exact) mass is 290 g/mol. The minimum absolute atomic E-state index is 0.0453. The van der Waals surface area contributed by atoms with E-state index in [2.05, 4.69) is 0 Å². The number of carbonyl (C=O) groups is 1. The fourth-order valence-electron chi connectivity index (χ4n) is 2.95. The van der Waals surface area contributed by atoms with Crippen LogP contribution in [0.25, 0.3) is 10.8 Å². The van der Waals surface area contributed by atoms with Crippen LogP contribution in [0.15, 0.2) is 48.5 Å². The molecule has 3 aromatic carbocycles. The second kappa shape index (κ2) is 5.30. The Bertz CT molecular complexity index is 892. The van der Waals surface area contributed by atoms with Crippen LogP contribution in [0.5, 0.6) is 5.75 Å². The molecule has 2 nitrogen and oxygen atoms in total. The molecule has 0 saturated carbocycles. The average molecular weight is 290 g/mol. The first-order valence-electron chi connectivity index (χ1n) is 7.32. The van der Waals surface area contributed by atoms with Gasteiger partial charge in [-0.15, -0.1) is 0 Å². The number of fused-ring (bicyclic) bond motifs is 1. The zero-order valence-electron chi connectivity index (χ0n) is 13.0. The van der Waals surface area contributed by atoms with Gasteiger partial charge in [-0.05, 0) is 43.4 Å². The predicted molar refractivity (Wildman–Crippen MR) is 89.7 cm³/mol. The SMILES string of the molecule is Cc1ccc(C(=O)c2cc(O)c3ccccc3c2C)c(C)c1. The third-order valence-electron chi connectivity index (χ3n) is 4.16. The van der Waals surface area contributed by atoms with E-state index in [1.54, 1.807) is 6.07 Å². The lowest BCUT2D eigenvalue weighted by Gasteiger charge is -2.12. The molecule has 0 aliphatic rings. The van der Waals surface area contributed by atoms with Gasteiger partial charge in [-0.25, -0.2) is 0 Å². The van der Waals surface area contributed by atoms with Crippen molar-refractivity contribution in [2.24, 2.45) is 0 Å². The number of aryl methyl sites for hydroxylation is 3.